The van der Waals surface area contributed by atoms with Gasteiger partial charge in [-0.1, -0.05) is 41.6 Å². The Kier molecular flexibility index (Phi) is 10.1. The molecule has 0 unspecified atom stereocenters. The minimum atomic E-state index is -0.800. The summed E-state index contributed by atoms with van der Waals surface area (Å²) in [6.07, 6.45) is 3.62. The fourth-order valence-corrected chi connectivity index (χ4v) is 5.06. The van der Waals surface area contributed by atoms with Gasteiger partial charge in [0.1, 0.15) is 17.6 Å². The number of carbonyl (C=O) groups excluding carboxylic acids is 2. The van der Waals surface area contributed by atoms with E-state index in [1.165, 1.54) is 7.11 Å². The lowest BCUT2D eigenvalue weighted by atomic mass is 10.0. The van der Waals surface area contributed by atoms with Crippen LogP contribution in [0.1, 0.15) is 39.6 Å². The Morgan fingerprint density at radius 3 is 2.67 bits per heavy atom. The van der Waals surface area contributed by atoms with Crippen LogP contribution in [0.5, 0.6) is 11.5 Å². The molecular formula is C32H38N6O5. The second-order valence-corrected chi connectivity index (χ2v) is 10.6. The van der Waals surface area contributed by atoms with Crippen molar-refractivity contribution in [3.63, 3.8) is 0 Å². The summed E-state index contributed by atoms with van der Waals surface area (Å²) in [6, 6.07) is 17.9. The fourth-order valence-electron chi connectivity index (χ4n) is 5.06. The third kappa shape index (κ3) is 8.23. The number of carbonyl (C=O) groups is 2. The van der Waals surface area contributed by atoms with E-state index in [-0.39, 0.29) is 5.91 Å². The number of furan rings is 1. The molecule has 2 aromatic carbocycles. The maximum Gasteiger partial charge on any atom is 0.255 e. The van der Waals surface area contributed by atoms with Crippen LogP contribution in [0.3, 0.4) is 0 Å². The second kappa shape index (κ2) is 14.5. The molecule has 2 aromatic heterocycles. The Hall–Kier alpha value is -4.64. The number of hydrogen-bond acceptors (Lipinski definition) is 8. The summed E-state index contributed by atoms with van der Waals surface area (Å²) < 4.78 is 19.2. The van der Waals surface area contributed by atoms with Crippen molar-refractivity contribution in [3.05, 3.63) is 95.2 Å². The van der Waals surface area contributed by atoms with Crippen LogP contribution in [0.4, 0.5) is 0 Å². The number of aromatic nitrogens is 3. The van der Waals surface area contributed by atoms with E-state index < -0.39 is 11.9 Å². The van der Waals surface area contributed by atoms with Crippen LogP contribution in [0.25, 0.3) is 0 Å². The van der Waals surface area contributed by atoms with Crippen molar-refractivity contribution in [1.29, 1.82) is 0 Å². The number of rotatable bonds is 5. The van der Waals surface area contributed by atoms with Crippen molar-refractivity contribution in [3.8, 4) is 11.5 Å². The molecule has 0 fully saturated rings. The van der Waals surface area contributed by atoms with Crippen LogP contribution in [0.15, 0.2) is 71.3 Å². The second-order valence-electron chi connectivity index (χ2n) is 10.6. The zero-order valence-electron chi connectivity index (χ0n) is 24.6. The van der Waals surface area contributed by atoms with Gasteiger partial charge in [-0.15, -0.1) is 5.10 Å². The van der Waals surface area contributed by atoms with E-state index in [2.05, 4.69) is 25.8 Å². The predicted molar refractivity (Wildman–Crippen MR) is 160 cm³/mol. The number of nitrogens with one attached hydrogen (secondary N) is 2. The van der Waals surface area contributed by atoms with E-state index in [1.807, 2.05) is 55.6 Å². The number of nitrogens with zero attached hydrogens (tertiary/aromatic N) is 4. The lowest BCUT2D eigenvalue weighted by Gasteiger charge is -2.23. The molecule has 0 radical (unpaired) electrons. The quantitative estimate of drug-likeness (QED) is 0.366. The van der Waals surface area contributed by atoms with E-state index in [4.69, 9.17) is 13.9 Å². The lowest BCUT2D eigenvalue weighted by molar-refractivity contribution is -0.123. The van der Waals surface area contributed by atoms with Crippen molar-refractivity contribution in [1.82, 2.24) is 30.5 Å². The number of hydrogen-bond donors (Lipinski definition) is 2. The standard InChI is InChI=1S/C32H38N6O5/c1-23-12-13-26(43-23)22-37-17-14-25-21-38(36-35-25)16-7-19-42-30-27(10-6-11-29(30)41-2)31(39)34-28(32(40)33-15-18-37)20-24-8-4-3-5-9-24/h3-6,8-13,21,28H,7,14-20,22H2,1-2H3,(H,33,40)(H,34,39)/t28-/m0/s1. The normalized spacial score (nSPS) is 17.4. The number of ether oxygens (including phenoxy) is 2. The molecule has 5 rings (SSSR count). The van der Waals surface area contributed by atoms with Gasteiger partial charge in [0, 0.05) is 51.6 Å². The SMILES string of the molecule is COc1cccc2c1OCCCn1cc(nn1)CCN(Cc1ccc(C)o1)CCNC(=O)[C@H](Cc1ccccc1)NC2=O. The van der Waals surface area contributed by atoms with Crippen LogP contribution in [-0.4, -0.2) is 71.1 Å². The molecule has 2 amide bonds. The van der Waals surface area contributed by atoms with Crippen molar-refractivity contribution < 1.29 is 23.5 Å². The molecule has 226 valence electrons. The molecule has 43 heavy (non-hydrogen) atoms. The first-order valence-corrected chi connectivity index (χ1v) is 14.6. The predicted octanol–water partition coefficient (Wildman–Crippen LogP) is 3.17. The highest BCUT2D eigenvalue weighted by molar-refractivity contribution is 6.00. The van der Waals surface area contributed by atoms with E-state index in [1.54, 1.807) is 22.9 Å². The molecule has 1 aliphatic heterocycles. The van der Waals surface area contributed by atoms with Crippen molar-refractivity contribution in [2.75, 3.05) is 33.4 Å². The fraction of sp³-hybridized carbons (Fsp3) is 0.375. The molecule has 0 aliphatic carbocycles. The first-order chi connectivity index (χ1) is 21.0. The largest absolute Gasteiger partial charge is 0.493 e. The Labute approximate surface area is 251 Å². The van der Waals surface area contributed by atoms with Crippen LogP contribution < -0.4 is 20.1 Å². The average Bonchev–Trinajstić information content (AvgIpc) is 3.65. The summed E-state index contributed by atoms with van der Waals surface area (Å²) in [4.78, 5) is 29.4. The molecule has 0 spiro atoms. The number of aryl methyl sites for hydroxylation is 2. The van der Waals surface area contributed by atoms with Gasteiger partial charge in [-0.3, -0.25) is 19.2 Å². The minimum absolute atomic E-state index is 0.266. The first kappa shape index (κ1) is 29.8. The van der Waals surface area contributed by atoms with Crippen molar-refractivity contribution in [2.45, 2.75) is 45.3 Å². The molecule has 4 aromatic rings. The molecule has 3 heterocycles. The van der Waals surface area contributed by atoms with E-state index in [0.717, 1.165) is 22.8 Å². The van der Waals surface area contributed by atoms with Gasteiger partial charge in [0.25, 0.3) is 5.91 Å². The molecule has 1 aliphatic rings. The zero-order valence-corrected chi connectivity index (χ0v) is 24.6. The van der Waals surface area contributed by atoms with Crippen LogP contribution >= 0.6 is 0 Å². The Morgan fingerprint density at radius 1 is 1.02 bits per heavy atom. The first-order valence-electron chi connectivity index (χ1n) is 14.6. The number of para-hydroxylation sites is 1. The smallest absolute Gasteiger partial charge is 0.255 e. The number of fused-ring (bicyclic) bond motifs is 3. The van der Waals surface area contributed by atoms with Gasteiger partial charge in [0.15, 0.2) is 11.5 Å². The molecule has 11 heteroatoms. The molecule has 0 saturated carbocycles. The summed E-state index contributed by atoms with van der Waals surface area (Å²) in [5.74, 6) is 1.80. The number of amides is 2. The maximum atomic E-state index is 13.6. The molecule has 0 saturated heterocycles. The van der Waals surface area contributed by atoms with E-state index >= 15 is 0 Å². The molecule has 2 bridgehead atoms. The summed E-state index contributed by atoms with van der Waals surface area (Å²) in [5.41, 5.74) is 2.12. The van der Waals surface area contributed by atoms with Crippen molar-refractivity contribution in [2.24, 2.45) is 0 Å². The zero-order chi connectivity index (χ0) is 30.0. The maximum absolute atomic E-state index is 13.6. The Morgan fingerprint density at radius 2 is 1.88 bits per heavy atom. The molecule has 2 N–H and O–H groups in total. The minimum Gasteiger partial charge on any atom is -0.493 e. The number of benzene rings is 2. The third-order valence-corrected chi connectivity index (χ3v) is 7.30. The highest BCUT2D eigenvalue weighted by Gasteiger charge is 2.25. The summed E-state index contributed by atoms with van der Waals surface area (Å²) >= 11 is 0. The Bertz CT molecular complexity index is 1500. The van der Waals surface area contributed by atoms with Crippen LogP contribution in [-0.2, 0) is 30.7 Å². The topological polar surface area (TPSA) is 124 Å². The Balaban J connectivity index is 1.39. The molecule has 1 atom stereocenters. The molecule has 11 nitrogen and oxygen atoms in total. The number of methoxy groups -OCH3 is 1. The van der Waals surface area contributed by atoms with Crippen LogP contribution in [0.2, 0.25) is 0 Å². The van der Waals surface area contributed by atoms with Gasteiger partial charge < -0.3 is 24.5 Å². The van der Waals surface area contributed by atoms with Crippen molar-refractivity contribution >= 4 is 11.8 Å². The third-order valence-electron chi connectivity index (χ3n) is 7.30. The highest BCUT2D eigenvalue weighted by atomic mass is 16.5. The van der Waals surface area contributed by atoms with Gasteiger partial charge in [0.2, 0.25) is 5.91 Å². The summed E-state index contributed by atoms with van der Waals surface area (Å²) in [6.45, 7) is 5.13. The summed E-state index contributed by atoms with van der Waals surface area (Å²) in [5, 5.41) is 14.6. The van der Waals surface area contributed by atoms with E-state index in [0.29, 0.717) is 75.7 Å². The molecular weight excluding hydrogens is 548 g/mol. The van der Waals surface area contributed by atoms with Gasteiger partial charge in [-0.05, 0) is 36.8 Å². The average molecular weight is 587 g/mol. The van der Waals surface area contributed by atoms with E-state index in [9.17, 15) is 9.59 Å². The van der Waals surface area contributed by atoms with Crippen LogP contribution in [0, 0.1) is 6.92 Å². The van der Waals surface area contributed by atoms with Gasteiger partial charge in [-0.2, -0.15) is 0 Å². The lowest BCUT2D eigenvalue weighted by Crippen LogP contribution is -2.49. The van der Waals surface area contributed by atoms with Gasteiger partial charge >= 0.3 is 0 Å². The monoisotopic (exact) mass is 586 g/mol. The van der Waals surface area contributed by atoms with Gasteiger partial charge in [0.05, 0.1) is 31.5 Å². The van der Waals surface area contributed by atoms with Gasteiger partial charge in [-0.25, -0.2) is 0 Å². The summed E-state index contributed by atoms with van der Waals surface area (Å²) in [7, 11) is 1.53. The highest BCUT2D eigenvalue weighted by Crippen LogP contribution is 2.31.